The van der Waals surface area contributed by atoms with E-state index in [9.17, 15) is 5.11 Å². The van der Waals surface area contributed by atoms with Crippen molar-refractivity contribution in [1.29, 1.82) is 0 Å². The SMILES string of the molecule is CC1CCC(O)(CNC[C@H](O)CO)CC1. The highest BCUT2D eigenvalue weighted by Gasteiger charge is 2.31. The monoisotopic (exact) mass is 217 g/mol. The van der Waals surface area contributed by atoms with Crippen LogP contribution in [0.15, 0.2) is 0 Å². The van der Waals surface area contributed by atoms with E-state index in [0.717, 1.165) is 25.7 Å². The van der Waals surface area contributed by atoms with Crippen LogP contribution in [0.25, 0.3) is 0 Å². The second kappa shape index (κ2) is 5.80. The normalized spacial score (nSPS) is 34.0. The highest BCUT2D eigenvalue weighted by molar-refractivity contribution is 4.86. The first-order valence-corrected chi connectivity index (χ1v) is 5.78. The Morgan fingerprint density at radius 2 is 2.00 bits per heavy atom. The van der Waals surface area contributed by atoms with Gasteiger partial charge in [-0.25, -0.2) is 0 Å². The molecule has 0 radical (unpaired) electrons. The molecular formula is C11H23NO3. The van der Waals surface area contributed by atoms with Crippen LogP contribution >= 0.6 is 0 Å². The Labute approximate surface area is 91.3 Å². The molecule has 1 rings (SSSR count). The number of nitrogens with one attached hydrogen (secondary N) is 1. The van der Waals surface area contributed by atoms with Crippen molar-refractivity contribution in [3.63, 3.8) is 0 Å². The molecule has 15 heavy (non-hydrogen) atoms. The first-order valence-electron chi connectivity index (χ1n) is 5.78. The Hall–Kier alpha value is -0.160. The summed E-state index contributed by atoms with van der Waals surface area (Å²) in [7, 11) is 0. The zero-order valence-electron chi connectivity index (χ0n) is 9.45. The molecule has 4 nitrogen and oxygen atoms in total. The summed E-state index contributed by atoms with van der Waals surface area (Å²) in [6.45, 7) is 2.83. The lowest BCUT2D eigenvalue weighted by Gasteiger charge is -2.35. The molecule has 4 N–H and O–H groups in total. The summed E-state index contributed by atoms with van der Waals surface area (Å²) < 4.78 is 0. The van der Waals surface area contributed by atoms with Gasteiger partial charge in [-0.1, -0.05) is 6.92 Å². The van der Waals surface area contributed by atoms with Gasteiger partial charge < -0.3 is 20.6 Å². The summed E-state index contributed by atoms with van der Waals surface area (Å²) in [5, 5.41) is 30.9. The molecule has 0 aromatic heterocycles. The Bertz CT molecular complexity index is 179. The van der Waals surface area contributed by atoms with Gasteiger partial charge in [-0.2, -0.15) is 0 Å². The molecule has 0 spiro atoms. The number of aliphatic hydroxyl groups is 3. The van der Waals surface area contributed by atoms with Crippen molar-refractivity contribution >= 4 is 0 Å². The Morgan fingerprint density at radius 1 is 1.40 bits per heavy atom. The molecular weight excluding hydrogens is 194 g/mol. The van der Waals surface area contributed by atoms with E-state index in [1.165, 1.54) is 0 Å². The Balaban J connectivity index is 2.19. The second-order valence-electron chi connectivity index (χ2n) is 4.87. The first-order chi connectivity index (χ1) is 7.06. The fourth-order valence-corrected chi connectivity index (χ4v) is 2.01. The van der Waals surface area contributed by atoms with Gasteiger partial charge in [0.15, 0.2) is 0 Å². The van der Waals surface area contributed by atoms with Crippen molar-refractivity contribution in [2.75, 3.05) is 19.7 Å². The van der Waals surface area contributed by atoms with Crippen LogP contribution in [0.3, 0.4) is 0 Å². The topological polar surface area (TPSA) is 72.7 Å². The minimum Gasteiger partial charge on any atom is -0.394 e. The van der Waals surface area contributed by atoms with Crippen molar-refractivity contribution < 1.29 is 15.3 Å². The molecule has 1 aliphatic carbocycles. The van der Waals surface area contributed by atoms with E-state index in [1.54, 1.807) is 0 Å². The smallest absolute Gasteiger partial charge is 0.0894 e. The van der Waals surface area contributed by atoms with E-state index in [2.05, 4.69) is 12.2 Å². The lowest BCUT2D eigenvalue weighted by atomic mass is 9.79. The fourth-order valence-electron chi connectivity index (χ4n) is 2.01. The van der Waals surface area contributed by atoms with E-state index in [0.29, 0.717) is 19.0 Å². The average Bonchev–Trinajstić information content (AvgIpc) is 2.23. The summed E-state index contributed by atoms with van der Waals surface area (Å²) in [4.78, 5) is 0. The van der Waals surface area contributed by atoms with Crippen molar-refractivity contribution in [3.8, 4) is 0 Å². The van der Waals surface area contributed by atoms with Gasteiger partial charge in [0.1, 0.15) is 0 Å². The van der Waals surface area contributed by atoms with Crippen LogP contribution in [0.1, 0.15) is 32.6 Å². The fraction of sp³-hybridized carbons (Fsp3) is 1.00. The molecule has 0 saturated heterocycles. The van der Waals surface area contributed by atoms with Crippen molar-refractivity contribution in [2.24, 2.45) is 5.92 Å². The lowest BCUT2D eigenvalue weighted by molar-refractivity contribution is -0.00933. The maximum atomic E-state index is 10.2. The minimum atomic E-state index is -0.726. The van der Waals surface area contributed by atoms with Gasteiger partial charge in [-0.15, -0.1) is 0 Å². The van der Waals surface area contributed by atoms with Crippen LogP contribution in [-0.4, -0.2) is 46.7 Å². The molecule has 0 aromatic rings. The van der Waals surface area contributed by atoms with Crippen LogP contribution in [0, 0.1) is 5.92 Å². The maximum Gasteiger partial charge on any atom is 0.0894 e. The molecule has 0 unspecified atom stereocenters. The summed E-state index contributed by atoms with van der Waals surface area (Å²) >= 11 is 0. The average molecular weight is 217 g/mol. The highest BCUT2D eigenvalue weighted by Crippen LogP contribution is 2.31. The van der Waals surface area contributed by atoms with Gasteiger partial charge >= 0.3 is 0 Å². The lowest BCUT2D eigenvalue weighted by Crippen LogP contribution is -2.45. The van der Waals surface area contributed by atoms with Gasteiger partial charge in [0.2, 0.25) is 0 Å². The van der Waals surface area contributed by atoms with Crippen molar-refractivity contribution in [1.82, 2.24) is 5.32 Å². The van der Waals surface area contributed by atoms with Gasteiger partial charge in [0, 0.05) is 13.1 Å². The number of rotatable bonds is 5. The zero-order chi connectivity index (χ0) is 11.3. The summed E-state index contributed by atoms with van der Waals surface area (Å²) in [5.74, 6) is 0.716. The summed E-state index contributed by atoms with van der Waals surface area (Å²) in [5.41, 5.74) is -0.609. The molecule has 1 atom stereocenters. The first kappa shape index (κ1) is 12.9. The molecule has 1 fully saturated rings. The zero-order valence-corrected chi connectivity index (χ0v) is 9.45. The molecule has 0 heterocycles. The van der Waals surface area contributed by atoms with Gasteiger partial charge in [0.25, 0.3) is 0 Å². The van der Waals surface area contributed by atoms with Crippen LogP contribution in [0.2, 0.25) is 0 Å². The molecule has 0 bridgehead atoms. The third kappa shape index (κ3) is 4.47. The molecule has 0 aliphatic heterocycles. The molecule has 90 valence electrons. The van der Waals surface area contributed by atoms with Crippen LogP contribution in [0.5, 0.6) is 0 Å². The van der Waals surface area contributed by atoms with E-state index >= 15 is 0 Å². The Morgan fingerprint density at radius 3 is 2.53 bits per heavy atom. The Kier molecular flexibility index (Phi) is 4.99. The number of aliphatic hydroxyl groups excluding tert-OH is 2. The van der Waals surface area contributed by atoms with E-state index in [-0.39, 0.29) is 6.61 Å². The summed E-state index contributed by atoms with van der Waals surface area (Å²) in [6, 6.07) is 0. The number of hydrogen-bond acceptors (Lipinski definition) is 4. The van der Waals surface area contributed by atoms with E-state index < -0.39 is 11.7 Å². The van der Waals surface area contributed by atoms with Crippen LogP contribution < -0.4 is 5.32 Å². The summed E-state index contributed by atoms with van der Waals surface area (Å²) in [6.07, 6.45) is 3.07. The van der Waals surface area contributed by atoms with E-state index in [4.69, 9.17) is 10.2 Å². The van der Waals surface area contributed by atoms with Crippen LogP contribution in [0.4, 0.5) is 0 Å². The molecule has 4 heteroatoms. The third-order valence-corrected chi connectivity index (χ3v) is 3.25. The predicted molar refractivity (Wildman–Crippen MR) is 58.5 cm³/mol. The standard InChI is InChI=1S/C11H23NO3/c1-9-2-4-11(15,5-3-9)8-12-6-10(14)7-13/h9-10,12-15H,2-8H2,1H3/t9?,10-,11?/m0/s1. The molecule has 0 aromatic carbocycles. The largest absolute Gasteiger partial charge is 0.394 e. The van der Waals surface area contributed by atoms with Gasteiger partial charge in [-0.3, -0.25) is 0 Å². The van der Waals surface area contributed by atoms with Gasteiger partial charge in [0.05, 0.1) is 18.3 Å². The maximum absolute atomic E-state index is 10.2. The molecule has 1 aliphatic rings. The van der Waals surface area contributed by atoms with Gasteiger partial charge in [-0.05, 0) is 31.6 Å². The molecule has 0 amide bonds. The van der Waals surface area contributed by atoms with Crippen molar-refractivity contribution in [2.45, 2.75) is 44.3 Å². The quantitative estimate of drug-likeness (QED) is 0.518. The third-order valence-electron chi connectivity index (χ3n) is 3.25. The predicted octanol–water partition coefficient (Wildman–Crippen LogP) is -0.130. The highest BCUT2D eigenvalue weighted by atomic mass is 16.3. The number of hydrogen-bond donors (Lipinski definition) is 4. The van der Waals surface area contributed by atoms with E-state index in [1.807, 2.05) is 0 Å². The van der Waals surface area contributed by atoms with Crippen molar-refractivity contribution in [3.05, 3.63) is 0 Å². The molecule has 1 saturated carbocycles. The minimum absolute atomic E-state index is 0.234. The van der Waals surface area contributed by atoms with Crippen LogP contribution in [-0.2, 0) is 0 Å². The second-order valence-corrected chi connectivity index (χ2v) is 4.87.